The molecule has 0 spiro atoms. The van der Waals surface area contributed by atoms with Gasteiger partial charge < -0.3 is 4.74 Å². The van der Waals surface area contributed by atoms with E-state index < -0.39 is 0 Å². The molecule has 0 amide bonds. The number of rotatable bonds is 4. The SMILES string of the molecule is CCc1ccc(-c2cc(OC)ccc2F)c(C2=CCC(C(C)(C)C)CC2)c1. The molecule has 144 valence electrons. The first-order valence-corrected chi connectivity index (χ1v) is 9.99. The third kappa shape index (κ3) is 4.26. The predicted molar refractivity (Wildman–Crippen MR) is 113 cm³/mol. The molecule has 0 aromatic heterocycles. The van der Waals surface area contributed by atoms with Crippen LogP contribution in [0.15, 0.2) is 42.5 Å². The first kappa shape index (κ1) is 19.7. The average Bonchev–Trinajstić information content (AvgIpc) is 2.67. The van der Waals surface area contributed by atoms with Crippen molar-refractivity contribution in [2.24, 2.45) is 11.3 Å². The highest BCUT2D eigenvalue weighted by Gasteiger charge is 2.27. The van der Waals surface area contributed by atoms with Gasteiger partial charge in [0.1, 0.15) is 11.6 Å². The molecule has 0 saturated carbocycles. The van der Waals surface area contributed by atoms with Gasteiger partial charge in [-0.15, -0.1) is 0 Å². The highest BCUT2D eigenvalue weighted by atomic mass is 19.1. The zero-order valence-corrected chi connectivity index (χ0v) is 17.2. The van der Waals surface area contributed by atoms with Gasteiger partial charge in [-0.25, -0.2) is 4.39 Å². The van der Waals surface area contributed by atoms with E-state index in [1.165, 1.54) is 29.2 Å². The molecule has 1 nitrogen and oxygen atoms in total. The van der Waals surface area contributed by atoms with Gasteiger partial charge in [-0.1, -0.05) is 52.0 Å². The summed E-state index contributed by atoms with van der Waals surface area (Å²) in [6.07, 6.45) is 6.69. The van der Waals surface area contributed by atoms with Gasteiger partial charge >= 0.3 is 0 Å². The van der Waals surface area contributed by atoms with Crippen molar-refractivity contribution in [1.82, 2.24) is 0 Å². The number of hydrogen-bond acceptors (Lipinski definition) is 1. The summed E-state index contributed by atoms with van der Waals surface area (Å²) in [5, 5.41) is 0. The fourth-order valence-electron chi connectivity index (χ4n) is 4.01. The van der Waals surface area contributed by atoms with Crippen LogP contribution in [-0.2, 0) is 6.42 Å². The molecule has 0 saturated heterocycles. The number of halogens is 1. The van der Waals surface area contributed by atoms with E-state index in [4.69, 9.17) is 4.74 Å². The van der Waals surface area contributed by atoms with Crippen LogP contribution >= 0.6 is 0 Å². The summed E-state index contributed by atoms with van der Waals surface area (Å²) < 4.78 is 20.0. The monoisotopic (exact) mass is 366 g/mol. The normalized spacial score (nSPS) is 17.6. The Kier molecular flexibility index (Phi) is 5.74. The molecule has 3 rings (SSSR count). The van der Waals surface area contributed by atoms with Gasteiger partial charge in [-0.3, -0.25) is 0 Å². The van der Waals surface area contributed by atoms with Crippen molar-refractivity contribution in [2.45, 2.75) is 53.4 Å². The summed E-state index contributed by atoms with van der Waals surface area (Å²) in [5.41, 5.74) is 5.72. The van der Waals surface area contributed by atoms with Crippen LogP contribution in [0.5, 0.6) is 5.75 Å². The van der Waals surface area contributed by atoms with Crippen molar-refractivity contribution >= 4 is 5.57 Å². The molecule has 1 atom stereocenters. The number of hydrogen-bond donors (Lipinski definition) is 0. The molecule has 2 heteroatoms. The molecule has 0 radical (unpaired) electrons. The van der Waals surface area contributed by atoms with Crippen molar-refractivity contribution in [1.29, 1.82) is 0 Å². The molecule has 2 aromatic carbocycles. The summed E-state index contributed by atoms with van der Waals surface area (Å²) in [4.78, 5) is 0. The van der Waals surface area contributed by atoms with E-state index >= 15 is 0 Å². The van der Waals surface area contributed by atoms with E-state index in [1.54, 1.807) is 19.2 Å². The van der Waals surface area contributed by atoms with Gasteiger partial charge in [0.05, 0.1) is 7.11 Å². The van der Waals surface area contributed by atoms with Crippen LogP contribution in [0.4, 0.5) is 4.39 Å². The Morgan fingerprint density at radius 2 is 1.81 bits per heavy atom. The molecule has 0 bridgehead atoms. The highest BCUT2D eigenvalue weighted by Crippen LogP contribution is 2.42. The number of methoxy groups -OCH3 is 1. The Labute approximate surface area is 163 Å². The van der Waals surface area contributed by atoms with E-state index in [0.29, 0.717) is 22.6 Å². The largest absolute Gasteiger partial charge is 0.497 e. The van der Waals surface area contributed by atoms with E-state index in [-0.39, 0.29) is 5.82 Å². The summed E-state index contributed by atoms with van der Waals surface area (Å²) in [6.45, 7) is 9.14. The van der Waals surface area contributed by atoms with Gasteiger partial charge in [0.2, 0.25) is 0 Å². The Bertz CT molecular complexity index is 842. The quantitative estimate of drug-likeness (QED) is 0.552. The van der Waals surface area contributed by atoms with Gasteiger partial charge in [-0.05, 0) is 77.5 Å². The number of benzene rings is 2. The first-order valence-electron chi connectivity index (χ1n) is 9.99. The molecule has 1 unspecified atom stereocenters. The summed E-state index contributed by atoms with van der Waals surface area (Å²) in [6, 6.07) is 11.4. The second kappa shape index (κ2) is 7.88. The van der Waals surface area contributed by atoms with E-state index in [0.717, 1.165) is 24.8 Å². The fourth-order valence-corrected chi connectivity index (χ4v) is 4.01. The Balaban J connectivity index is 2.07. The minimum absolute atomic E-state index is 0.203. The predicted octanol–water partition coefficient (Wildman–Crippen LogP) is 7.29. The molecular formula is C25H31FO. The summed E-state index contributed by atoms with van der Waals surface area (Å²) >= 11 is 0. The van der Waals surface area contributed by atoms with Crippen LogP contribution < -0.4 is 4.74 Å². The molecule has 1 aliphatic carbocycles. The highest BCUT2D eigenvalue weighted by molar-refractivity contribution is 5.83. The Hall–Kier alpha value is -2.09. The maximum Gasteiger partial charge on any atom is 0.131 e. The topological polar surface area (TPSA) is 9.23 Å². The van der Waals surface area contributed by atoms with Gasteiger partial charge in [0, 0.05) is 5.56 Å². The first-order chi connectivity index (χ1) is 12.8. The van der Waals surface area contributed by atoms with E-state index in [1.807, 2.05) is 0 Å². The smallest absolute Gasteiger partial charge is 0.131 e. The zero-order valence-electron chi connectivity index (χ0n) is 17.2. The van der Waals surface area contributed by atoms with E-state index in [2.05, 4.69) is 52.0 Å². The number of aryl methyl sites for hydroxylation is 1. The van der Waals surface area contributed by atoms with Crippen LogP contribution in [0.1, 0.15) is 58.1 Å². The standard InChI is InChI=1S/C25H31FO/c1-6-17-7-13-21(23-16-20(27-5)12-14-24(23)26)22(15-17)18-8-10-19(11-9-18)25(2,3)4/h7-8,12-16,19H,6,9-11H2,1-5H3. The lowest BCUT2D eigenvalue weighted by Gasteiger charge is -2.33. The maximum atomic E-state index is 14.7. The molecular weight excluding hydrogens is 335 g/mol. The lowest BCUT2D eigenvalue weighted by molar-refractivity contribution is 0.225. The average molecular weight is 367 g/mol. The Morgan fingerprint density at radius 3 is 2.41 bits per heavy atom. The third-order valence-corrected chi connectivity index (χ3v) is 5.94. The van der Waals surface area contributed by atoms with Crippen molar-refractivity contribution < 1.29 is 9.13 Å². The van der Waals surface area contributed by atoms with Gasteiger partial charge in [-0.2, -0.15) is 0 Å². The molecule has 0 heterocycles. The van der Waals surface area contributed by atoms with Crippen LogP contribution in [0, 0.1) is 17.2 Å². The van der Waals surface area contributed by atoms with Crippen molar-refractivity contribution in [3.8, 4) is 16.9 Å². The molecule has 27 heavy (non-hydrogen) atoms. The van der Waals surface area contributed by atoms with Gasteiger partial charge in [0.15, 0.2) is 0 Å². The summed E-state index contributed by atoms with van der Waals surface area (Å²) in [5.74, 6) is 1.18. The third-order valence-electron chi connectivity index (χ3n) is 5.94. The number of allylic oxidation sites excluding steroid dienone is 2. The van der Waals surface area contributed by atoms with Crippen LogP contribution in [0.3, 0.4) is 0 Å². The van der Waals surface area contributed by atoms with E-state index in [9.17, 15) is 4.39 Å². The second-order valence-corrected chi connectivity index (χ2v) is 8.65. The van der Waals surface area contributed by atoms with Crippen LogP contribution in [0.2, 0.25) is 0 Å². The summed E-state index contributed by atoms with van der Waals surface area (Å²) in [7, 11) is 1.62. The lowest BCUT2D eigenvalue weighted by atomic mass is 9.72. The van der Waals surface area contributed by atoms with Crippen molar-refractivity contribution in [3.63, 3.8) is 0 Å². The molecule has 0 fully saturated rings. The fraction of sp³-hybridized carbons (Fsp3) is 0.440. The minimum atomic E-state index is -0.203. The zero-order chi connectivity index (χ0) is 19.6. The maximum absolute atomic E-state index is 14.7. The van der Waals surface area contributed by atoms with Crippen molar-refractivity contribution in [3.05, 3.63) is 59.4 Å². The minimum Gasteiger partial charge on any atom is -0.497 e. The molecule has 2 aromatic rings. The molecule has 0 aliphatic heterocycles. The lowest BCUT2D eigenvalue weighted by Crippen LogP contribution is -2.22. The van der Waals surface area contributed by atoms with Crippen molar-refractivity contribution in [2.75, 3.05) is 7.11 Å². The molecule has 0 N–H and O–H groups in total. The Morgan fingerprint density at radius 1 is 1.04 bits per heavy atom. The number of ether oxygens (including phenoxy) is 1. The second-order valence-electron chi connectivity index (χ2n) is 8.65. The molecule has 1 aliphatic rings. The van der Waals surface area contributed by atoms with Crippen LogP contribution in [-0.4, -0.2) is 7.11 Å². The van der Waals surface area contributed by atoms with Crippen LogP contribution in [0.25, 0.3) is 16.7 Å². The van der Waals surface area contributed by atoms with Gasteiger partial charge in [0.25, 0.3) is 0 Å².